The van der Waals surface area contributed by atoms with Crippen LogP contribution in [0.1, 0.15) is 16.1 Å². The summed E-state index contributed by atoms with van der Waals surface area (Å²) in [6.07, 6.45) is 3.85. The quantitative estimate of drug-likeness (QED) is 0.331. The van der Waals surface area contributed by atoms with Gasteiger partial charge in [-0.25, -0.2) is 0 Å². The number of aromatic nitrogens is 1. The highest BCUT2D eigenvalue weighted by Gasteiger charge is 2.23. The molecular weight excluding hydrogens is 434 g/mol. The van der Waals surface area contributed by atoms with Gasteiger partial charge in [0.2, 0.25) is 0 Å². The number of H-pyrrole nitrogens is 1. The van der Waals surface area contributed by atoms with Crippen LogP contribution in [0.3, 0.4) is 0 Å². The maximum Gasteiger partial charge on any atom is 0.272 e. The number of benzene rings is 3. The van der Waals surface area contributed by atoms with Gasteiger partial charge in [-0.1, -0.05) is 36.4 Å². The van der Waals surface area contributed by atoms with Crippen LogP contribution in [-0.2, 0) is 0 Å². The Hall–Kier alpha value is -4.22. The maximum atomic E-state index is 12.9. The predicted molar refractivity (Wildman–Crippen MR) is 133 cm³/mol. The third kappa shape index (κ3) is 4.40. The van der Waals surface area contributed by atoms with Crippen LogP contribution in [0, 0.1) is 0 Å². The highest BCUT2D eigenvalue weighted by molar-refractivity contribution is 6.30. The van der Waals surface area contributed by atoms with E-state index in [-0.39, 0.29) is 5.91 Å². The number of allylic oxidation sites excluding steroid dienone is 1. The number of nitrogens with zero attached hydrogens (tertiary/aromatic N) is 1. The number of nitrogens with one attached hydrogen (secondary N) is 2. The van der Waals surface area contributed by atoms with E-state index >= 15 is 0 Å². The number of amides is 1. The molecule has 0 aliphatic carbocycles. The number of aromatic amines is 1. The Morgan fingerprint density at radius 1 is 0.909 bits per heavy atom. The fourth-order valence-electron chi connectivity index (χ4n) is 3.61. The molecular formula is C27H20ClN3O2. The number of halogens is 1. The lowest BCUT2D eigenvalue weighted by atomic mass is 10.1. The Labute approximate surface area is 196 Å². The zero-order valence-electron chi connectivity index (χ0n) is 17.6. The molecule has 1 amide bonds. The van der Waals surface area contributed by atoms with Gasteiger partial charge in [0, 0.05) is 27.7 Å². The van der Waals surface area contributed by atoms with E-state index in [0.29, 0.717) is 22.2 Å². The highest BCUT2D eigenvalue weighted by Crippen LogP contribution is 2.37. The van der Waals surface area contributed by atoms with Gasteiger partial charge in [0.15, 0.2) is 0 Å². The van der Waals surface area contributed by atoms with Gasteiger partial charge in [0.25, 0.3) is 5.91 Å². The van der Waals surface area contributed by atoms with Crippen LogP contribution in [0.25, 0.3) is 6.08 Å². The molecule has 2 N–H and O–H groups in total. The summed E-state index contributed by atoms with van der Waals surface area (Å²) >= 11 is 6.04. The molecule has 1 aliphatic heterocycles. The average Bonchev–Trinajstić information content (AvgIpc) is 3.26. The number of rotatable bonds is 5. The third-order valence-electron chi connectivity index (χ3n) is 5.21. The van der Waals surface area contributed by atoms with Crippen molar-refractivity contribution in [1.29, 1.82) is 0 Å². The molecule has 2 heterocycles. The monoisotopic (exact) mass is 453 g/mol. The van der Waals surface area contributed by atoms with Crippen molar-refractivity contribution in [2.45, 2.75) is 0 Å². The summed E-state index contributed by atoms with van der Waals surface area (Å²) in [5, 5.41) is 3.58. The van der Waals surface area contributed by atoms with Crippen molar-refractivity contribution in [3.8, 4) is 11.5 Å². The summed E-state index contributed by atoms with van der Waals surface area (Å²) in [5.41, 5.74) is 3.70. The van der Waals surface area contributed by atoms with Crippen LogP contribution < -0.4 is 15.0 Å². The van der Waals surface area contributed by atoms with Crippen molar-refractivity contribution < 1.29 is 9.53 Å². The number of para-hydroxylation sites is 1. The Kier molecular flexibility index (Phi) is 5.47. The number of carbonyl (C=O) groups is 1. The molecule has 33 heavy (non-hydrogen) atoms. The van der Waals surface area contributed by atoms with Crippen molar-refractivity contribution in [2.24, 2.45) is 0 Å². The van der Waals surface area contributed by atoms with Crippen LogP contribution >= 0.6 is 11.6 Å². The normalized spacial score (nSPS) is 12.4. The smallest absolute Gasteiger partial charge is 0.272 e. The van der Waals surface area contributed by atoms with Crippen molar-refractivity contribution in [2.75, 3.05) is 10.2 Å². The minimum atomic E-state index is -0.240. The second-order valence-corrected chi connectivity index (χ2v) is 7.95. The van der Waals surface area contributed by atoms with E-state index in [1.807, 2.05) is 89.8 Å². The molecule has 3 aromatic carbocycles. The minimum absolute atomic E-state index is 0.240. The van der Waals surface area contributed by atoms with Crippen LogP contribution in [0.2, 0.25) is 5.02 Å². The van der Waals surface area contributed by atoms with Gasteiger partial charge in [0.05, 0.1) is 0 Å². The van der Waals surface area contributed by atoms with E-state index in [4.69, 9.17) is 16.3 Å². The highest BCUT2D eigenvalue weighted by atomic mass is 35.5. The number of hydrogen-bond donors (Lipinski definition) is 2. The summed E-state index contributed by atoms with van der Waals surface area (Å²) in [6.45, 7) is 4.13. The topological polar surface area (TPSA) is 57.4 Å². The zero-order chi connectivity index (χ0) is 22.8. The first-order valence-corrected chi connectivity index (χ1v) is 10.7. The van der Waals surface area contributed by atoms with Gasteiger partial charge < -0.3 is 15.0 Å². The molecule has 0 fully saturated rings. The SMILES string of the molecule is C=C1C=Cc2cc(C(=O)Nc3ccc(Oc4ccccc4)cc3)[nH]c2N1c1ccc(Cl)cc1. The van der Waals surface area contributed by atoms with Crippen LogP contribution in [0.4, 0.5) is 17.2 Å². The van der Waals surface area contributed by atoms with E-state index in [1.165, 1.54) is 0 Å². The average molecular weight is 454 g/mol. The third-order valence-corrected chi connectivity index (χ3v) is 5.46. The van der Waals surface area contributed by atoms with E-state index in [2.05, 4.69) is 16.9 Å². The Balaban J connectivity index is 1.33. The van der Waals surface area contributed by atoms with Gasteiger partial charge in [-0.2, -0.15) is 0 Å². The summed E-state index contributed by atoms with van der Waals surface area (Å²) < 4.78 is 5.80. The lowest BCUT2D eigenvalue weighted by molar-refractivity contribution is 0.102. The molecule has 4 aromatic rings. The molecule has 1 aliphatic rings. The van der Waals surface area contributed by atoms with Gasteiger partial charge in [0.1, 0.15) is 23.0 Å². The van der Waals surface area contributed by atoms with Crippen molar-refractivity contribution >= 4 is 40.8 Å². The van der Waals surface area contributed by atoms with Crippen molar-refractivity contribution in [1.82, 2.24) is 4.98 Å². The largest absolute Gasteiger partial charge is 0.457 e. The number of fused-ring (bicyclic) bond motifs is 1. The molecule has 5 rings (SSSR count). The number of carbonyl (C=O) groups excluding carboxylic acids is 1. The molecule has 0 atom stereocenters. The van der Waals surface area contributed by atoms with Gasteiger partial charge in [-0.3, -0.25) is 9.69 Å². The second-order valence-electron chi connectivity index (χ2n) is 7.52. The zero-order valence-corrected chi connectivity index (χ0v) is 18.3. The van der Waals surface area contributed by atoms with Gasteiger partial charge in [-0.05, 0) is 78.9 Å². The summed E-state index contributed by atoms with van der Waals surface area (Å²) in [5.74, 6) is 1.99. The molecule has 0 spiro atoms. The second kappa shape index (κ2) is 8.73. The van der Waals surface area contributed by atoms with Crippen LogP contribution in [0.15, 0.2) is 103 Å². The van der Waals surface area contributed by atoms with Gasteiger partial charge >= 0.3 is 0 Å². The Morgan fingerprint density at radius 3 is 2.33 bits per heavy atom. The first-order valence-electron chi connectivity index (χ1n) is 10.4. The standard InChI is InChI=1S/C27H20ClN3O2/c1-18-7-8-19-17-25(30-26(19)31(18)22-13-9-20(28)10-14-22)27(32)29-21-11-15-24(16-12-21)33-23-5-3-2-4-6-23/h2-17,30H,1H2,(H,29,32). The Morgan fingerprint density at radius 2 is 1.61 bits per heavy atom. The predicted octanol–water partition coefficient (Wildman–Crippen LogP) is 7.39. The molecule has 0 radical (unpaired) electrons. The van der Waals surface area contributed by atoms with E-state index < -0.39 is 0 Å². The molecule has 5 nitrogen and oxygen atoms in total. The first kappa shape index (κ1) is 20.7. The fourth-order valence-corrected chi connectivity index (χ4v) is 3.74. The van der Waals surface area contributed by atoms with E-state index in [9.17, 15) is 4.79 Å². The lowest BCUT2D eigenvalue weighted by Gasteiger charge is -2.27. The Bertz CT molecular complexity index is 1340. The molecule has 0 saturated carbocycles. The first-order chi connectivity index (χ1) is 16.1. The number of anilines is 3. The molecule has 0 unspecified atom stereocenters. The van der Waals surface area contributed by atoms with Crippen molar-refractivity contribution in [3.05, 3.63) is 120 Å². The maximum absolute atomic E-state index is 12.9. The fraction of sp³-hybridized carbons (Fsp3) is 0. The van der Waals surface area contributed by atoms with Gasteiger partial charge in [-0.15, -0.1) is 0 Å². The van der Waals surface area contributed by atoms with Crippen LogP contribution in [0.5, 0.6) is 11.5 Å². The lowest BCUT2D eigenvalue weighted by Crippen LogP contribution is -2.18. The molecule has 0 saturated heterocycles. The van der Waals surface area contributed by atoms with E-state index in [0.717, 1.165) is 28.5 Å². The summed E-state index contributed by atoms with van der Waals surface area (Å²) in [6, 6.07) is 26.1. The summed E-state index contributed by atoms with van der Waals surface area (Å²) in [7, 11) is 0. The van der Waals surface area contributed by atoms with E-state index in [1.54, 1.807) is 12.1 Å². The van der Waals surface area contributed by atoms with Crippen LogP contribution in [-0.4, -0.2) is 10.9 Å². The summed E-state index contributed by atoms with van der Waals surface area (Å²) in [4.78, 5) is 18.1. The molecule has 1 aromatic heterocycles. The number of hydrogen-bond acceptors (Lipinski definition) is 3. The van der Waals surface area contributed by atoms with Crippen molar-refractivity contribution in [3.63, 3.8) is 0 Å². The molecule has 6 heteroatoms. The molecule has 162 valence electrons. The minimum Gasteiger partial charge on any atom is -0.457 e. The molecule has 0 bridgehead atoms. The number of ether oxygens (including phenoxy) is 1.